The standard InChI is InChI=1S/C15H16N4O4S/c20-14(18-15(21)17-12-4-2-1-3-5-12)11-8-16-19(9-11)13-6-7-24(22,23)10-13/h1-5,8-9,13H,6-7,10H2,(H2,17,18,20,21). The summed E-state index contributed by atoms with van der Waals surface area (Å²) >= 11 is 0. The van der Waals surface area contributed by atoms with E-state index in [0.29, 0.717) is 12.1 Å². The fourth-order valence-corrected chi connectivity index (χ4v) is 4.20. The van der Waals surface area contributed by atoms with E-state index in [1.807, 2.05) is 6.07 Å². The zero-order valence-electron chi connectivity index (χ0n) is 12.7. The summed E-state index contributed by atoms with van der Waals surface area (Å²) in [5.41, 5.74) is 0.761. The van der Waals surface area contributed by atoms with Crippen molar-refractivity contribution in [2.24, 2.45) is 0 Å². The van der Waals surface area contributed by atoms with Gasteiger partial charge in [-0.2, -0.15) is 5.10 Å². The number of para-hydroxylation sites is 1. The maximum atomic E-state index is 12.1. The van der Waals surface area contributed by atoms with Gasteiger partial charge in [-0.3, -0.25) is 14.8 Å². The minimum absolute atomic E-state index is 0.0181. The molecule has 2 N–H and O–H groups in total. The molecule has 2 aromatic rings. The van der Waals surface area contributed by atoms with Gasteiger partial charge in [-0.1, -0.05) is 18.2 Å². The highest BCUT2D eigenvalue weighted by atomic mass is 32.2. The maximum absolute atomic E-state index is 12.1. The van der Waals surface area contributed by atoms with Gasteiger partial charge in [-0.25, -0.2) is 13.2 Å². The molecule has 3 amide bonds. The second kappa shape index (κ2) is 6.44. The number of imide groups is 1. The minimum Gasteiger partial charge on any atom is -0.308 e. The second-order valence-corrected chi connectivity index (χ2v) is 7.77. The Labute approximate surface area is 138 Å². The van der Waals surface area contributed by atoms with Crippen LogP contribution in [0.25, 0.3) is 0 Å². The van der Waals surface area contributed by atoms with E-state index in [9.17, 15) is 18.0 Å². The molecular weight excluding hydrogens is 332 g/mol. The molecule has 0 aliphatic carbocycles. The van der Waals surface area contributed by atoms with E-state index < -0.39 is 21.8 Å². The van der Waals surface area contributed by atoms with Crippen molar-refractivity contribution >= 4 is 27.5 Å². The molecule has 8 nitrogen and oxygen atoms in total. The number of hydrogen-bond acceptors (Lipinski definition) is 5. The third kappa shape index (κ3) is 3.80. The second-order valence-electron chi connectivity index (χ2n) is 5.54. The third-order valence-electron chi connectivity index (χ3n) is 3.70. The summed E-state index contributed by atoms with van der Waals surface area (Å²) in [7, 11) is -3.03. The highest BCUT2D eigenvalue weighted by Crippen LogP contribution is 2.23. The van der Waals surface area contributed by atoms with Crippen molar-refractivity contribution in [2.75, 3.05) is 16.8 Å². The minimum atomic E-state index is -3.03. The van der Waals surface area contributed by atoms with E-state index >= 15 is 0 Å². The highest BCUT2D eigenvalue weighted by molar-refractivity contribution is 7.91. The number of amides is 3. The number of anilines is 1. The van der Waals surface area contributed by atoms with Gasteiger partial charge in [0.1, 0.15) is 0 Å². The number of nitrogens with zero attached hydrogens (tertiary/aromatic N) is 2. The number of nitrogens with one attached hydrogen (secondary N) is 2. The van der Waals surface area contributed by atoms with Gasteiger partial charge >= 0.3 is 6.03 Å². The lowest BCUT2D eigenvalue weighted by molar-refractivity contribution is 0.0967. The van der Waals surface area contributed by atoms with Crippen molar-refractivity contribution < 1.29 is 18.0 Å². The van der Waals surface area contributed by atoms with Gasteiger partial charge < -0.3 is 5.32 Å². The first-order valence-corrected chi connectivity index (χ1v) is 9.17. The van der Waals surface area contributed by atoms with E-state index in [4.69, 9.17) is 0 Å². The number of urea groups is 1. The molecule has 0 radical (unpaired) electrons. The SMILES string of the molecule is O=C(NC(=O)c1cnn(C2CCS(=O)(=O)C2)c1)Nc1ccccc1. The van der Waals surface area contributed by atoms with Crippen LogP contribution in [0.15, 0.2) is 42.7 Å². The molecule has 1 fully saturated rings. The zero-order chi connectivity index (χ0) is 17.2. The summed E-state index contributed by atoms with van der Waals surface area (Å²) in [6.45, 7) is 0. The molecule has 1 aromatic heterocycles. The molecule has 3 rings (SSSR count). The van der Waals surface area contributed by atoms with Crippen LogP contribution in [0.4, 0.5) is 10.5 Å². The van der Waals surface area contributed by atoms with Crippen molar-refractivity contribution in [1.82, 2.24) is 15.1 Å². The lowest BCUT2D eigenvalue weighted by atomic mass is 10.2. The quantitative estimate of drug-likeness (QED) is 0.866. The largest absolute Gasteiger partial charge is 0.326 e. The molecule has 1 atom stereocenters. The van der Waals surface area contributed by atoms with Crippen LogP contribution in [0.5, 0.6) is 0 Å². The van der Waals surface area contributed by atoms with Crippen molar-refractivity contribution in [1.29, 1.82) is 0 Å². The Hall–Kier alpha value is -2.68. The van der Waals surface area contributed by atoms with Crippen LogP contribution in [0.3, 0.4) is 0 Å². The summed E-state index contributed by atoms with van der Waals surface area (Å²) in [5.74, 6) is -0.460. The van der Waals surface area contributed by atoms with Gasteiger partial charge in [0.15, 0.2) is 9.84 Å². The van der Waals surface area contributed by atoms with Crippen LogP contribution in [0.2, 0.25) is 0 Å². The number of benzene rings is 1. The predicted molar refractivity (Wildman–Crippen MR) is 87.5 cm³/mol. The van der Waals surface area contributed by atoms with Gasteiger partial charge in [-0.05, 0) is 18.6 Å². The number of carbonyl (C=O) groups is 2. The van der Waals surface area contributed by atoms with E-state index in [1.165, 1.54) is 17.1 Å². The molecule has 1 aliphatic heterocycles. The van der Waals surface area contributed by atoms with Crippen LogP contribution in [-0.4, -0.2) is 41.6 Å². The Bertz CT molecular complexity index is 861. The van der Waals surface area contributed by atoms with Crippen LogP contribution in [0, 0.1) is 0 Å². The van der Waals surface area contributed by atoms with Crippen molar-refractivity contribution in [2.45, 2.75) is 12.5 Å². The van der Waals surface area contributed by atoms with Gasteiger partial charge in [0.05, 0.1) is 29.3 Å². The molecule has 126 valence electrons. The molecule has 0 spiro atoms. The van der Waals surface area contributed by atoms with E-state index in [-0.39, 0.29) is 23.1 Å². The molecule has 1 aromatic carbocycles. The van der Waals surface area contributed by atoms with Crippen LogP contribution in [0.1, 0.15) is 22.8 Å². The topological polar surface area (TPSA) is 110 Å². The summed E-state index contributed by atoms with van der Waals surface area (Å²) in [6.07, 6.45) is 3.24. The fourth-order valence-electron chi connectivity index (χ4n) is 2.50. The van der Waals surface area contributed by atoms with Gasteiger partial charge in [0.25, 0.3) is 5.91 Å². The fraction of sp³-hybridized carbons (Fsp3) is 0.267. The van der Waals surface area contributed by atoms with Crippen LogP contribution < -0.4 is 10.6 Å². The number of hydrogen-bond donors (Lipinski definition) is 2. The lowest BCUT2D eigenvalue weighted by Crippen LogP contribution is -2.34. The first-order valence-electron chi connectivity index (χ1n) is 7.35. The van der Waals surface area contributed by atoms with Crippen molar-refractivity contribution in [3.05, 3.63) is 48.3 Å². The van der Waals surface area contributed by atoms with Gasteiger partial charge in [0.2, 0.25) is 0 Å². The van der Waals surface area contributed by atoms with E-state index in [1.54, 1.807) is 24.3 Å². The molecule has 24 heavy (non-hydrogen) atoms. The van der Waals surface area contributed by atoms with Crippen molar-refractivity contribution in [3.8, 4) is 0 Å². The number of aromatic nitrogens is 2. The Morgan fingerprint density at radius 2 is 1.96 bits per heavy atom. The molecule has 2 heterocycles. The third-order valence-corrected chi connectivity index (χ3v) is 5.46. The van der Waals surface area contributed by atoms with Gasteiger partial charge in [0, 0.05) is 11.9 Å². The molecule has 0 bridgehead atoms. The normalized spacial score (nSPS) is 18.9. The Morgan fingerprint density at radius 3 is 2.62 bits per heavy atom. The monoisotopic (exact) mass is 348 g/mol. The van der Waals surface area contributed by atoms with Crippen LogP contribution >= 0.6 is 0 Å². The first kappa shape index (κ1) is 16.2. The number of rotatable bonds is 3. The average Bonchev–Trinajstić information content (AvgIpc) is 3.14. The Morgan fingerprint density at radius 1 is 1.21 bits per heavy atom. The maximum Gasteiger partial charge on any atom is 0.326 e. The van der Waals surface area contributed by atoms with Crippen molar-refractivity contribution in [3.63, 3.8) is 0 Å². The molecule has 0 saturated carbocycles. The summed E-state index contributed by atoms with van der Waals surface area (Å²) in [6, 6.07) is 7.81. The van der Waals surface area contributed by atoms with E-state index in [2.05, 4.69) is 15.7 Å². The number of carbonyl (C=O) groups excluding carboxylic acids is 2. The van der Waals surface area contributed by atoms with Crippen LogP contribution in [-0.2, 0) is 9.84 Å². The Balaban J connectivity index is 1.61. The smallest absolute Gasteiger partial charge is 0.308 e. The molecule has 1 saturated heterocycles. The lowest BCUT2D eigenvalue weighted by Gasteiger charge is -2.07. The highest BCUT2D eigenvalue weighted by Gasteiger charge is 2.30. The zero-order valence-corrected chi connectivity index (χ0v) is 13.5. The van der Waals surface area contributed by atoms with Gasteiger partial charge in [-0.15, -0.1) is 0 Å². The summed E-state index contributed by atoms with van der Waals surface area (Å²) < 4.78 is 24.5. The molecule has 1 unspecified atom stereocenters. The molecule has 1 aliphatic rings. The Kier molecular flexibility index (Phi) is 4.34. The number of sulfone groups is 1. The van der Waals surface area contributed by atoms with E-state index in [0.717, 1.165) is 0 Å². The molecule has 9 heteroatoms. The predicted octanol–water partition coefficient (Wildman–Crippen LogP) is 1.20. The summed E-state index contributed by atoms with van der Waals surface area (Å²) in [5, 5.41) is 8.78. The summed E-state index contributed by atoms with van der Waals surface area (Å²) in [4.78, 5) is 23.9. The first-order chi connectivity index (χ1) is 11.4. The molecular formula is C15H16N4O4S. The average molecular weight is 348 g/mol.